The molecule has 5 nitrogen and oxygen atoms in total. The van der Waals surface area contributed by atoms with E-state index in [4.69, 9.17) is 20.4 Å². The number of hydrogen-bond donors (Lipinski definition) is 0. The molecule has 2 aromatic heterocycles. The average molecular weight is 255 g/mol. The molecule has 0 aromatic carbocycles. The van der Waals surface area contributed by atoms with Crippen molar-refractivity contribution in [2.75, 3.05) is 7.11 Å². The lowest BCUT2D eigenvalue weighted by molar-refractivity contribution is 0.0563. The van der Waals surface area contributed by atoms with Crippen LogP contribution < -0.4 is 0 Å². The summed E-state index contributed by atoms with van der Waals surface area (Å²) in [6.45, 7) is 0. The van der Waals surface area contributed by atoms with Gasteiger partial charge in [0.1, 0.15) is 0 Å². The normalized spacial score (nSPS) is 10.2. The first-order valence-electron chi connectivity index (χ1n) is 4.59. The van der Waals surface area contributed by atoms with Gasteiger partial charge in [0.25, 0.3) is 0 Å². The van der Waals surface area contributed by atoms with Crippen LogP contribution in [0, 0.1) is 0 Å². The van der Waals surface area contributed by atoms with Crippen LogP contribution in [-0.4, -0.2) is 18.9 Å². The number of hydrogen-bond acceptors (Lipinski definition) is 5. The summed E-state index contributed by atoms with van der Waals surface area (Å²) in [5, 5.41) is -0.0222. The number of carbonyl (C=O) groups excluding carboxylic acids is 2. The maximum Gasteiger partial charge on any atom is 0.373 e. The lowest BCUT2D eigenvalue weighted by Gasteiger charge is -1.94. The molecule has 0 aliphatic heterocycles. The van der Waals surface area contributed by atoms with E-state index in [1.807, 2.05) is 0 Å². The molecular formula is C11H7ClO5. The van der Waals surface area contributed by atoms with Gasteiger partial charge in [-0.15, -0.1) is 0 Å². The van der Waals surface area contributed by atoms with E-state index in [-0.39, 0.29) is 22.3 Å². The van der Waals surface area contributed by atoms with E-state index >= 15 is 0 Å². The first kappa shape index (κ1) is 11.5. The van der Waals surface area contributed by atoms with Crippen LogP contribution in [0.1, 0.15) is 26.7 Å². The number of ether oxygens (including phenoxy) is 1. The molecule has 2 aromatic rings. The third kappa shape index (κ3) is 2.09. The Balaban J connectivity index is 2.30. The SMILES string of the molecule is COC(=O)c1ccc(C(=O)c2ccoc2Cl)o1. The van der Waals surface area contributed by atoms with Crippen molar-refractivity contribution >= 4 is 23.4 Å². The van der Waals surface area contributed by atoms with Crippen LogP contribution in [0.25, 0.3) is 0 Å². The number of esters is 1. The zero-order valence-corrected chi connectivity index (χ0v) is 9.48. The Morgan fingerprint density at radius 3 is 2.53 bits per heavy atom. The summed E-state index contributed by atoms with van der Waals surface area (Å²) in [6.07, 6.45) is 1.29. The predicted octanol–water partition coefficient (Wildman–Crippen LogP) is 2.54. The zero-order valence-electron chi connectivity index (χ0n) is 8.73. The smallest absolute Gasteiger partial charge is 0.373 e. The second kappa shape index (κ2) is 4.47. The number of ketones is 1. The quantitative estimate of drug-likeness (QED) is 0.622. The summed E-state index contributed by atoms with van der Waals surface area (Å²) in [5.74, 6) is -1.16. The van der Waals surface area contributed by atoms with Gasteiger partial charge in [0.2, 0.25) is 16.8 Å². The van der Waals surface area contributed by atoms with Gasteiger partial charge in [-0.3, -0.25) is 4.79 Å². The van der Waals surface area contributed by atoms with Gasteiger partial charge in [-0.05, 0) is 29.8 Å². The highest BCUT2D eigenvalue weighted by Crippen LogP contribution is 2.21. The molecule has 6 heteroatoms. The highest BCUT2D eigenvalue weighted by molar-refractivity contribution is 6.33. The largest absolute Gasteiger partial charge is 0.463 e. The van der Waals surface area contributed by atoms with E-state index in [2.05, 4.69) is 4.74 Å². The molecule has 88 valence electrons. The van der Waals surface area contributed by atoms with Gasteiger partial charge < -0.3 is 13.6 Å². The van der Waals surface area contributed by atoms with Crippen molar-refractivity contribution in [1.29, 1.82) is 0 Å². The molecule has 0 aliphatic rings. The van der Waals surface area contributed by atoms with Gasteiger partial charge in [-0.1, -0.05) is 0 Å². The summed E-state index contributed by atoms with van der Waals surface area (Å²) in [4.78, 5) is 23.0. The highest BCUT2D eigenvalue weighted by Gasteiger charge is 2.20. The van der Waals surface area contributed by atoms with Gasteiger partial charge in [0.15, 0.2) is 5.76 Å². The molecule has 0 spiro atoms. The molecule has 2 rings (SSSR count). The zero-order chi connectivity index (χ0) is 12.4. The molecule has 0 fully saturated rings. The third-order valence-electron chi connectivity index (χ3n) is 2.08. The molecule has 0 unspecified atom stereocenters. The molecular weight excluding hydrogens is 248 g/mol. The molecule has 0 aliphatic carbocycles. The molecule has 0 bridgehead atoms. The van der Waals surface area contributed by atoms with Crippen LogP contribution in [0.15, 0.2) is 33.3 Å². The topological polar surface area (TPSA) is 69.7 Å². The predicted molar refractivity (Wildman–Crippen MR) is 57.2 cm³/mol. The van der Waals surface area contributed by atoms with Crippen LogP contribution in [0.5, 0.6) is 0 Å². The van der Waals surface area contributed by atoms with E-state index in [1.54, 1.807) is 0 Å². The summed E-state index contributed by atoms with van der Waals surface area (Å²) in [5.41, 5.74) is 0.178. The Bertz CT molecular complexity index is 566. The van der Waals surface area contributed by atoms with Crippen molar-refractivity contribution in [3.63, 3.8) is 0 Å². The second-order valence-electron chi connectivity index (χ2n) is 3.09. The van der Waals surface area contributed by atoms with Crippen LogP contribution in [0.4, 0.5) is 0 Å². The van der Waals surface area contributed by atoms with Crippen molar-refractivity contribution in [3.05, 3.63) is 46.8 Å². The minimum atomic E-state index is -0.651. The first-order chi connectivity index (χ1) is 8.13. The molecule has 2 heterocycles. The van der Waals surface area contributed by atoms with E-state index in [1.165, 1.54) is 31.6 Å². The third-order valence-corrected chi connectivity index (χ3v) is 2.37. The summed E-state index contributed by atoms with van der Waals surface area (Å²) < 4.78 is 14.3. The Hall–Kier alpha value is -2.01. The van der Waals surface area contributed by atoms with Gasteiger partial charge in [0, 0.05) is 0 Å². The standard InChI is InChI=1S/C11H7ClO5/c1-15-11(14)8-3-2-7(17-8)9(13)6-4-5-16-10(6)12/h2-5H,1H3. The minimum absolute atomic E-state index is 0.00583. The molecule has 0 radical (unpaired) electrons. The molecule has 17 heavy (non-hydrogen) atoms. The van der Waals surface area contributed by atoms with Crippen LogP contribution in [0.3, 0.4) is 0 Å². The van der Waals surface area contributed by atoms with Gasteiger partial charge in [-0.25, -0.2) is 4.79 Å². The Morgan fingerprint density at radius 1 is 1.24 bits per heavy atom. The van der Waals surface area contributed by atoms with E-state index in [0.29, 0.717) is 0 Å². The maximum absolute atomic E-state index is 11.9. The number of methoxy groups -OCH3 is 1. The summed E-state index contributed by atoms with van der Waals surface area (Å²) in [6, 6.07) is 4.15. The lowest BCUT2D eigenvalue weighted by Crippen LogP contribution is -2.00. The van der Waals surface area contributed by atoms with Gasteiger partial charge >= 0.3 is 5.97 Å². The highest BCUT2D eigenvalue weighted by atomic mass is 35.5. The maximum atomic E-state index is 11.9. The molecule has 0 saturated heterocycles. The monoisotopic (exact) mass is 254 g/mol. The Labute approximate surface area is 101 Å². The van der Waals surface area contributed by atoms with Crippen molar-refractivity contribution in [2.24, 2.45) is 0 Å². The van der Waals surface area contributed by atoms with Crippen LogP contribution in [0.2, 0.25) is 5.22 Å². The average Bonchev–Trinajstić information content (AvgIpc) is 2.95. The fourth-order valence-corrected chi connectivity index (χ4v) is 1.46. The van der Waals surface area contributed by atoms with Gasteiger partial charge in [-0.2, -0.15) is 0 Å². The number of rotatable bonds is 3. The van der Waals surface area contributed by atoms with Crippen molar-refractivity contribution in [1.82, 2.24) is 0 Å². The lowest BCUT2D eigenvalue weighted by atomic mass is 10.2. The number of halogens is 1. The second-order valence-corrected chi connectivity index (χ2v) is 3.44. The van der Waals surface area contributed by atoms with E-state index in [0.717, 1.165) is 0 Å². The number of carbonyl (C=O) groups is 2. The van der Waals surface area contributed by atoms with Crippen molar-refractivity contribution in [2.45, 2.75) is 0 Å². The molecule has 0 amide bonds. The van der Waals surface area contributed by atoms with E-state index < -0.39 is 11.8 Å². The van der Waals surface area contributed by atoms with Crippen molar-refractivity contribution < 1.29 is 23.2 Å². The van der Waals surface area contributed by atoms with Crippen LogP contribution in [-0.2, 0) is 4.74 Å². The molecule has 0 N–H and O–H groups in total. The summed E-state index contributed by atoms with van der Waals surface area (Å²) in [7, 11) is 1.22. The van der Waals surface area contributed by atoms with Crippen LogP contribution >= 0.6 is 11.6 Å². The molecule has 0 saturated carbocycles. The fourth-order valence-electron chi connectivity index (χ4n) is 1.26. The van der Waals surface area contributed by atoms with E-state index in [9.17, 15) is 9.59 Å². The Kier molecular flexibility index (Phi) is 3.01. The number of furan rings is 2. The molecule has 0 atom stereocenters. The van der Waals surface area contributed by atoms with Gasteiger partial charge in [0.05, 0.1) is 18.9 Å². The fraction of sp³-hybridized carbons (Fsp3) is 0.0909. The minimum Gasteiger partial charge on any atom is -0.463 e. The summed E-state index contributed by atoms with van der Waals surface area (Å²) >= 11 is 5.66. The first-order valence-corrected chi connectivity index (χ1v) is 4.97. The van der Waals surface area contributed by atoms with Crippen molar-refractivity contribution in [3.8, 4) is 0 Å². The Morgan fingerprint density at radius 2 is 1.94 bits per heavy atom.